The van der Waals surface area contributed by atoms with Crippen molar-refractivity contribution in [3.05, 3.63) is 30.2 Å². The summed E-state index contributed by atoms with van der Waals surface area (Å²) in [6, 6.07) is 3.52. The predicted octanol–water partition coefficient (Wildman–Crippen LogP) is 3.69. The van der Waals surface area contributed by atoms with Gasteiger partial charge in [-0.1, -0.05) is 6.58 Å². The summed E-state index contributed by atoms with van der Waals surface area (Å²) >= 11 is 0. The number of hydrogen-bond acceptors (Lipinski definition) is 4. The van der Waals surface area contributed by atoms with Gasteiger partial charge in [-0.2, -0.15) is 0 Å². The number of rotatable bonds is 7. The topological polar surface area (TPSA) is 48.7 Å². The lowest BCUT2D eigenvalue weighted by Gasteiger charge is -2.15. The Bertz CT molecular complexity index is 373. The van der Waals surface area contributed by atoms with Crippen LogP contribution in [0.15, 0.2) is 23.1 Å². The second kappa shape index (κ2) is 6.04. The molecule has 5 heteroatoms. The summed E-state index contributed by atoms with van der Waals surface area (Å²) in [5, 5.41) is 0. The average Bonchev–Trinajstić information content (AvgIpc) is 2.65. The third-order valence-corrected chi connectivity index (χ3v) is 3.89. The van der Waals surface area contributed by atoms with Gasteiger partial charge in [0.25, 0.3) is 0 Å². The lowest BCUT2D eigenvalue weighted by Crippen LogP contribution is -1.98. The molecule has 0 saturated carbocycles. The molecule has 0 amide bonds. The summed E-state index contributed by atoms with van der Waals surface area (Å²) in [5.74, 6) is 1.23. The van der Waals surface area contributed by atoms with Crippen molar-refractivity contribution in [2.24, 2.45) is 0 Å². The minimum atomic E-state index is -3.07. The van der Waals surface area contributed by atoms with Crippen molar-refractivity contribution in [2.75, 3.05) is 13.2 Å². The van der Waals surface area contributed by atoms with Crippen molar-refractivity contribution >= 4 is 13.7 Å². The molecule has 0 saturated heterocycles. The van der Waals surface area contributed by atoms with Crippen LogP contribution in [0.25, 0.3) is 6.08 Å². The molecule has 4 nitrogen and oxygen atoms in total. The molecule has 0 atom stereocenters. The molecule has 1 rings (SSSR count). The smallest absolute Gasteiger partial charge is 0.338 e. The van der Waals surface area contributed by atoms with Crippen LogP contribution in [0.3, 0.4) is 0 Å². The van der Waals surface area contributed by atoms with E-state index in [1.807, 2.05) is 0 Å². The van der Waals surface area contributed by atoms with Gasteiger partial charge in [-0.05, 0) is 32.1 Å². The van der Waals surface area contributed by atoms with Crippen LogP contribution >= 0.6 is 7.60 Å². The molecule has 0 aliphatic rings. The van der Waals surface area contributed by atoms with Gasteiger partial charge in [-0.25, -0.2) is 0 Å². The zero-order chi connectivity index (χ0) is 12.0. The first kappa shape index (κ1) is 13.2. The molecule has 0 aromatic carbocycles. The Morgan fingerprint density at radius 3 is 2.44 bits per heavy atom. The molecule has 1 aromatic heterocycles. The summed E-state index contributed by atoms with van der Waals surface area (Å²) < 4.78 is 27.8. The largest absolute Gasteiger partial charge is 0.461 e. The second-order valence-electron chi connectivity index (χ2n) is 3.11. The predicted molar refractivity (Wildman–Crippen MR) is 63.4 cm³/mol. The van der Waals surface area contributed by atoms with Gasteiger partial charge in [0.05, 0.1) is 13.2 Å². The van der Waals surface area contributed by atoms with Crippen molar-refractivity contribution in [1.82, 2.24) is 0 Å². The Morgan fingerprint density at radius 1 is 1.38 bits per heavy atom. The van der Waals surface area contributed by atoms with Crippen molar-refractivity contribution in [3.63, 3.8) is 0 Å². The van der Waals surface area contributed by atoms with Crippen LogP contribution in [-0.4, -0.2) is 13.2 Å². The first-order chi connectivity index (χ1) is 7.63. The van der Waals surface area contributed by atoms with Crippen molar-refractivity contribution in [2.45, 2.75) is 20.0 Å². The molecule has 0 aliphatic carbocycles. The van der Waals surface area contributed by atoms with Crippen LogP contribution in [0.2, 0.25) is 0 Å². The van der Waals surface area contributed by atoms with E-state index in [1.54, 1.807) is 32.1 Å². The summed E-state index contributed by atoms with van der Waals surface area (Å²) in [6.07, 6.45) is 1.75. The van der Waals surface area contributed by atoms with E-state index >= 15 is 0 Å². The third-order valence-electron chi connectivity index (χ3n) is 1.88. The summed E-state index contributed by atoms with van der Waals surface area (Å²) in [5.41, 5.74) is 0. The van der Waals surface area contributed by atoms with E-state index in [9.17, 15) is 4.57 Å². The second-order valence-corrected chi connectivity index (χ2v) is 5.17. The highest BCUT2D eigenvalue weighted by Crippen LogP contribution is 2.51. The third kappa shape index (κ3) is 3.63. The van der Waals surface area contributed by atoms with Crippen molar-refractivity contribution in [1.29, 1.82) is 0 Å². The van der Waals surface area contributed by atoms with Gasteiger partial charge >= 0.3 is 7.60 Å². The molecule has 90 valence electrons. The zero-order valence-corrected chi connectivity index (χ0v) is 10.5. The number of hydrogen-bond donors (Lipinski definition) is 0. The molecular weight excluding hydrogens is 227 g/mol. The zero-order valence-electron chi connectivity index (χ0n) is 9.64. The van der Waals surface area contributed by atoms with E-state index in [0.717, 1.165) is 0 Å². The molecule has 0 unspecified atom stereocenters. The molecule has 0 N–H and O–H groups in total. The van der Waals surface area contributed by atoms with E-state index < -0.39 is 7.60 Å². The van der Waals surface area contributed by atoms with Gasteiger partial charge in [0.1, 0.15) is 17.7 Å². The molecule has 1 heterocycles. The van der Waals surface area contributed by atoms with E-state index in [1.165, 1.54) is 0 Å². The molecule has 0 aliphatic heterocycles. The van der Waals surface area contributed by atoms with Crippen LogP contribution < -0.4 is 0 Å². The normalized spacial score (nSPS) is 11.6. The van der Waals surface area contributed by atoms with Crippen molar-refractivity contribution in [3.8, 4) is 0 Å². The molecule has 0 spiro atoms. The fourth-order valence-electron chi connectivity index (χ4n) is 1.30. The lowest BCUT2D eigenvalue weighted by atomic mass is 10.4. The van der Waals surface area contributed by atoms with Crippen LogP contribution in [-0.2, 0) is 19.8 Å². The first-order valence-electron chi connectivity index (χ1n) is 5.22. The molecule has 0 bridgehead atoms. The highest BCUT2D eigenvalue weighted by Gasteiger charge is 2.25. The van der Waals surface area contributed by atoms with Crippen LogP contribution in [0.1, 0.15) is 25.4 Å². The monoisotopic (exact) mass is 244 g/mol. The van der Waals surface area contributed by atoms with Crippen LogP contribution in [0.5, 0.6) is 0 Å². The molecule has 16 heavy (non-hydrogen) atoms. The molecular formula is C11H17O4P. The van der Waals surface area contributed by atoms with E-state index in [-0.39, 0.29) is 6.16 Å². The van der Waals surface area contributed by atoms with Gasteiger partial charge in [0.15, 0.2) is 0 Å². The Morgan fingerprint density at radius 2 is 2.00 bits per heavy atom. The first-order valence-corrected chi connectivity index (χ1v) is 6.95. The summed E-state index contributed by atoms with van der Waals surface area (Å²) in [7, 11) is -3.07. The maximum atomic E-state index is 12.1. The SMILES string of the molecule is C=Cc1ccc(CP(=O)(OCC)OCC)o1. The number of furan rings is 1. The van der Waals surface area contributed by atoms with Gasteiger partial charge < -0.3 is 13.5 Å². The molecule has 1 aromatic rings. The van der Waals surface area contributed by atoms with E-state index in [4.69, 9.17) is 13.5 Å². The maximum absolute atomic E-state index is 12.1. The Hall–Kier alpha value is -0.830. The highest BCUT2D eigenvalue weighted by atomic mass is 31.2. The molecule has 0 fully saturated rings. The van der Waals surface area contributed by atoms with Crippen molar-refractivity contribution < 1.29 is 18.0 Å². The average molecular weight is 244 g/mol. The van der Waals surface area contributed by atoms with Gasteiger partial charge in [-0.3, -0.25) is 4.57 Å². The van der Waals surface area contributed by atoms with Gasteiger partial charge in [0, 0.05) is 0 Å². The van der Waals surface area contributed by atoms with Crippen LogP contribution in [0, 0.1) is 0 Å². The van der Waals surface area contributed by atoms with Gasteiger partial charge in [-0.15, -0.1) is 0 Å². The fourth-order valence-corrected chi connectivity index (χ4v) is 2.90. The van der Waals surface area contributed by atoms with Gasteiger partial charge in [0.2, 0.25) is 0 Å². The Balaban J connectivity index is 2.74. The summed E-state index contributed by atoms with van der Waals surface area (Å²) in [4.78, 5) is 0. The minimum Gasteiger partial charge on any atom is -0.461 e. The maximum Gasteiger partial charge on any atom is 0.338 e. The Kier molecular flexibility index (Phi) is 5.00. The van der Waals surface area contributed by atoms with E-state index in [0.29, 0.717) is 24.7 Å². The quantitative estimate of drug-likeness (QED) is 0.686. The lowest BCUT2D eigenvalue weighted by molar-refractivity contribution is 0.217. The summed E-state index contributed by atoms with van der Waals surface area (Å²) in [6.45, 7) is 7.86. The van der Waals surface area contributed by atoms with E-state index in [2.05, 4.69) is 6.58 Å². The standard InChI is InChI=1S/C11H17O4P/c1-4-10-7-8-11(15-10)9-16(12,13-5-2)14-6-3/h4,7-8H,1,5-6,9H2,2-3H3. The Labute approximate surface area is 95.8 Å². The highest BCUT2D eigenvalue weighted by molar-refractivity contribution is 7.53. The minimum absolute atomic E-state index is 0.155. The fraction of sp³-hybridized carbons (Fsp3) is 0.455. The molecule has 0 radical (unpaired) electrons. The van der Waals surface area contributed by atoms with Crippen LogP contribution in [0.4, 0.5) is 0 Å².